The van der Waals surface area contributed by atoms with E-state index < -0.39 is 0 Å². The van der Waals surface area contributed by atoms with Crippen molar-refractivity contribution in [3.8, 4) is 5.75 Å². The average Bonchev–Trinajstić information content (AvgIpc) is 2.55. The third-order valence-electron chi connectivity index (χ3n) is 3.73. The summed E-state index contributed by atoms with van der Waals surface area (Å²) in [6.07, 6.45) is 3.14. The zero-order valence-electron chi connectivity index (χ0n) is 12.2. The highest BCUT2D eigenvalue weighted by atomic mass is 16.6. The van der Waals surface area contributed by atoms with Gasteiger partial charge in [-0.15, -0.1) is 0 Å². The second-order valence-corrected chi connectivity index (χ2v) is 5.17. The maximum Gasteiger partial charge on any atom is 0.142 e. The van der Waals surface area contributed by atoms with E-state index >= 15 is 0 Å². The molecule has 0 unspecified atom stereocenters. The number of ether oxygens (including phenoxy) is 1. The number of aryl methyl sites for hydroxylation is 1. The van der Waals surface area contributed by atoms with Crippen LogP contribution in [0, 0.1) is 0 Å². The maximum atomic E-state index is 5.53. The SMILES string of the molecule is COc1ccc2c(c1)CCC/C2=N\OCc1ccccc1. The average molecular weight is 281 g/mol. The summed E-state index contributed by atoms with van der Waals surface area (Å²) in [4.78, 5) is 5.53. The summed E-state index contributed by atoms with van der Waals surface area (Å²) in [5.74, 6) is 0.903. The molecular formula is C18H19NO2. The Hall–Kier alpha value is -2.29. The molecule has 0 saturated carbocycles. The van der Waals surface area contributed by atoms with Crippen molar-refractivity contribution in [2.75, 3.05) is 7.11 Å². The minimum atomic E-state index is 0.510. The second kappa shape index (κ2) is 6.44. The number of rotatable bonds is 4. The molecule has 2 aromatic rings. The smallest absolute Gasteiger partial charge is 0.142 e. The van der Waals surface area contributed by atoms with Crippen molar-refractivity contribution in [1.29, 1.82) is 0 Å². The van der Waals surface area contributed by atoms with Gasteiger partial charge in [-0.05, 0) is 48.6 Å². The lowest BCUT2D eigenvalue weighted by Crippen LogP contribution is -2.12. The molecule has 21 heavy (non-hydrogen) atoms. The highest BCUT2D eigenvalue weighted by molar-refractivity contribution is 6.02. The van der Waals surface area contributed by atoms with Crippen LogP contribution in [0.1, 0.15) is 29.5 Å². The first-order chi connectivity index (χ1) is 10.4. The van der Waals surface area contributed by atoms with Crippen LogP contribution in [0.2, 0.25) is 0 Å². The molecule has 3 nitrogen and oxygen atoms in total. The van der Waals surface area contributed by atoms with Crippen molar-refractivity contribution in [1.82, 2.24) is 0 Å². The van der Waals surface area contributed by atoms with Gasteiger partial charge in [0, 0.05) is 5.56 Å². The number of oxime groups is 1. The van der Waals surface area contributed by atoms with Crippen LogP contribution >= 0.6 is 0 Å². The number of nitrogens with zero attached hydrogens (tertiary/aromatic N) is 1. The standard InChI is InChI=1S/C18H19NO2/c1-20-16-10-11-17-15(12-16)8-5-9-18(17)19-21-13-14-6-3-2-4-7-14/h2-4,6-7,10-12H,5,8-9,13H2,1H3/b19-18+. The molecule has 0 radical (unpaired) electrons. The summed E-state index contributed by atoms with van der Waals surface area (Å²) in [7, 11) is 1.70. The summed E-state index contributed by atoms with van der Waals surface area (Å²) in [6, 6.07) is 16.3. The van der Waals surface area contributed by atoms with E-state index in [0.717, 1.165) is 36.3 Å². The Morgan fingerprint density at radius 3 is 2.71 bits per heavy atom. The van der Waals surface area contributed by atoms with Crippen LogP contribution in [0.4, 0.5) is 0 Å². The van der Waals surface area contributed by atoms with Gasteiger partial charge in [-0.3, -0.25) is 0 Å². The first-order valence-corrected chi connectivity index (χ1v) is 7.27. The number of hydrogen-bond donors (Lipinski definition) is 0. The van der Waals surface area contributed by atoms with Gasteiger partial charge >= 0.3 is 0 Å². The van der Waals surface area contributed by atoms with Crippen LogP contribution in [0.25, 0.3) is 0 Å². The fourth-order valence-electron chi connectivity index (χ4n) is 2.62. The topological polar surface area (TPSA) is 30.8 Å². The molecule has 1 aliphatic carbocycles. The predicted molar refractivity (Wildman–Crippen MR) is 83.7 cm³/mol. The molecule has 3 rings (SSSR count). The van der Waals surface area contributed by atoms with E-state index in [9.17, 15) is 0 Å². The van der Waals surface area contributed by atoms with Gasteiger partial charge in [0.1, 0.15) is 12.4 Å². The Labute approximate surface area is 125 Å². The Bertz CT molecular complexity index is 635. The third-order valence-corrected chi connectivity index (χ3v) is 3.73. The molecule has 0 aliphatic heterocycles. The summed E-state index contributed by atoms with van der Waals surface area (Å²) in [5, 5.41) is 4.35. The van der Waals surface area contributed by atoms with Gasteiger partial charge in [0.05, 0.1) is 12.8 Å². The minimum Gasteiger partial charge on any atom is -0.497 e. The molecule has 3 heteroatoms. The molecule has 0 atom stereocenters. The lowest BCUT2D eigenvalue weighted by atomic mass is 9.90. The van der Waals surface area contributed by atoms with Crippen LogP contribution in [-0.4, -0.2) is 12.8 Å². The number of hydrogen-bond acceptors (Lipinski definition) is 3. The Balaban J connectivity index is 1.74. The largest absolute Gasteiger partial charge is 0.497 e. The van der Waals surface area contributed by atoms with Crippen LogP contribution in [0.5, 0.6) is 5.75 Å². The monoisotopic (exact) mass is 281 g/mol. The van der Waals surface area contributed by atoms with E-state index in [4.69, 9.17) is 9.57 Å². The van der Waals surface area contributed by atoms with E-state index in [1.165, 1.54) is 11.1 Å². The second-order valence-electron chi connectivity index (χ2n) is 5.17. The maximum absolute atomic E-state index is 5.53. The lowest BCUT2D eigenvalue weighted by Gasteiger charge is -2.18. The molecule has 0 spiro atoms. The van der Waals surface area contributed by atoms with Gasteiger partial charge in [-0.2, -0.15) is 0 Å². The van der Waals surface area contributed by atoms with Gasteiger partial charge in [-0.25, -0.2) is 0 Å². The summed E-state index contributed by atoms with van der Waals surface area (Å²) >= 11 is 0. The molecule has 0 amide bonds. The zero-order valence-corrected chi connectivity index (χ0v) is 12.2. The van der Waals surface area contributed by atoms with Gasteiger partial charge in [-0.1, -0.05) is 35.5 Å². The number of methoxy groups -OCH3 is 1. The molecular weight excluding hydrogens is 262 g/mol. The van der Waals surface area contributed by atoms with Gasteiger partial charge in [0.2, 0.25) is 0 Å². The highest BCUT2D eigenvalue weighted by Crippen LogP contribution is 2.26. The quantitative estimate of drug-likeness (QED) is 0.794. The molecule has 0 fully saturated rings. The lowest BCUT2D eigenvalue weighted by molar-refractivity contribution is 0.130. The highest BCUT2D eigenvalue weighted by Gasteiger charge is 2.16. The molecule has 1 aliphatic rings. The first kappa shape index (κ1) is 13.7. The van der Waals surface area contributed by atoms with E-state index in [0.29, 0.717) is 6.61 Å². The van der Waals surface area contributed by atoms with E-state index in [2.05, 4.69) is 17.3 Å². The van der Waals surface area contributed by atoms with Crippen LogP contribution in [0.3, 0.4) is 0 Å². The molecule has 0 aromatic heterocycles. The van der Waals surface area contributed by atoms with Gasteiger partial charge in [0.15, 0.2) is 0 Å². The van der Waals surface area contributed by atoms with Crippen LogP contribution in [-0.2, 0) is 17.9 Å². The van der Waals surface area contributed by atoms with Crippen LogP contribution < -0.4 is 4.74 Å². The molecule has 0 heterocycles. The molecule has 0 saturated heterocycles. The van der Waals surface area contributed by atoms with E-state index in [1.54, 1.807) is 7.11 Å². The number of benzene rings is 2. The van der Waals surface area contributed by atoms with Gasteiger partial charge in [0.25, 0.3) is 0 Å². The predicted octanol–water partition coefficient (Wildman–Crippen LogP) is 3.95. The Morgan fingerprint density at radius 2 is 1.90 bits per heavy atom. The molecule has 0 bridgehead atoms. The van der Waals surface area contributed by atoms with Crippen molar-refractivity contribution in [2.24, 2.45) is 5.16 Å². The van der Waals surface area contributed by atoms with Crippen molar-refractivity contribution >= 4 is 5.71 Å². The minimum absolute atomic E-state index is 0.510. The Kier molecular flexibility index (Phi) is 4.20. The van der Waals surface area contributed by atoms with Crippen molar-refractivity contribution in [3.05, 3.63) is 65.2 Å². The normalized spacial score (nSPS) is 15.6. The van der Waals surface area contributed by atoms with Gasteiger partial charge < -0.3 is 9.57 Å². The molecule has 2 aromatic carbocycles. The Morgan fingerprint density at radius 1 is 1.05 bits per heavy atom. The fraction of sp³-hybridized carbons (Fsp3) is 0.278. The summed E-state index contributed by atoms with van der Waals surface area (Å²) < 4.78 is 5.28. The van der Waals surface area contributed by atoms with Crippen molar-refractivity contribution in [3.63, 3.8) is 0 Å². The van der Waals surface area contributed by atoms with E-state index in [-0.39, 0.29) is 0 Å². The summed E-state index contributed by atoms with van der Waals surface area (Å²) in [6.45, 7) is 0.510. The van der Waals surface area contributed by atoms with Crippen molar-refractivity contribution in [2.45, 2.75) is 25.9 Å². The first-order valence-electron chi connectivity index (χ1n) is 7.27. The van der Waals surface area contributed by atoms with Crippen LogP contribution in [0.15, 0.2) is 53.7 Å². The zero-order chi connectivity index (χ0) is 14.5. The van der Waals surface area contributed by atoms with E-state index in [1.807, 2.05) is 36.4 Å². The number of fused-ring (bicyclic) bond motifs is 1. The third kappa shape index (κ3) is 3.24. The molecule has 108 valence electrons. The fourth-order valence-corrected chi connectivity index (χ4v) is 2.62. The van der Waals surface area contributed by atoms with Crippen molar-refractivity contribution < 1.29 is 9.57 Å². The molecule has 0 N–H and O–H groups in total. The summed E-state index contributed by atoms with van der Waals surface area (Å²) in [5.41, 5.74) is 4.65.